The van der Waals surface area contributed by atoms with Crippen LogP contribution in [0.1, 0.15) is 51.8 Å². The zero-order chi connectivity index (χ0) is 27.4. The van der Waals surface area contributed by atoms with Gasteiger partial charge < -0.3 is 11.1 Å². The Morgan fingerprint density at radius 2 is 1.89 bits per heavy atom. The third kappa shape index (κ3) is 4.57. The van der Waals surface area contributed by atoms with Crippen molar-refractivity contribution in [1.82, 2.24) is 24.5 Å². The van der Waals surface area contributed by atoms with Crippen molar-refractivity contribution < 1.29 is 22.8 Å². The number of rotatable bonds is 6. The molecule has 9 nitrogen and oxygen atoms in total. The van der Waals surface area contributed by atoms with Gasteiger partial charge in [-0.2, -0.15) is 23.4 Å². The largest absolute Gasteiger partial charge is 0.433 e. The smallest absolute Gasteiger partial charge is 0.365 e. The highest BCUT2D eigenvalue weighted by Crippen LogP contribution is 2.44. The van der Waals surface area contributed by atoms with Gasteiger partial charge >= 0.3 is 6.18 Å². The van der Waals surface area contributed by atoms with Gasteiger partial charge in [0, 0.05) is 23.7 Å². The monoisotopic (exact) mass is 553 g/mol. The fourth-order valence-corrected chi connectivity index (χ4v) is 5.27. The van der Waals surface area contributed by atoms with E-state index < -0.39 is 29.7 Å². The molecule has 0 spiro atoms. The first-order valence-electron chi connectivity index (χ1n) is 11.1. The SMILES string of the molecule is CCC(C(=O)Nc1c(C(N)=O)sc2nc(C(F)(F)F)cc(-c3cnn(C)c3C)c12)n1nc(C)c(Cl)c1C. The summed E-state index contributed by atoms with van der Waals surface area (Å²) in [7, 11) is 1.65. The van der Waals surface area contributed by atoms with Crippen molar-refractivity contribution in [2.24, 2.45) is 12.8 Å². The van der Waals surface area contributed by atoms with Crippen molar-refractivity contribution in [2.45, 2.75) is 46.3 Å². The lowest BCUT2D eigenvalue weighted by Crippen LogP contribution is -2.28. The summed E-state index contributed by atoms with van der Waals surface area (Å²) in [4.78, 5) is 29.4. The van der Waals surface area contributed by atoms with Gasteiger partial charge in [-0.15, -0.1) is 11.3 Å². The lowest BCUT2D eigenvalue weighted by molar-refractivity contribution is -0.140. The highest BCUT2D eigenvalue weighted by atomic mass is 35.5. The number of alkyl halides is 3. The van der Waals surface area contributed by atoms with Crippen LogP contribution in [0.25, 0.3) is 21.3 Å². The maximum Gasteiger partial charge on any atom is 0.433 e. The van der Waals surface area contributed by atoms with Crippen molar-refractivity contribution in [3.8, 4) is 11.1 Å². The number of aromatic nitrogens is 5. The lowest BCUT2D eigenvalue weighted by Gasteiger charge is -2.18. The Morgan fingerprint density at radius 1 is 1.22 bits per heavy atom. The molecule has 3 N–H and O–H groups in total. The Kier molecular flexibility index (Phi) is 6.80. The van der Waals surface area contributed by atoms with Gasteiger partial charge in [-0.25, -0.2) is 4.98 Å². The molecule has 0 radical (unpaired) electrons. The quantitative estimate of drug-likeness (QED) is 0.341. The maximum absolute atomic E-state index is 13.7. The van der Waals surface area contributed by atoms with Crippen LogP contribution in [0.15, 0.2) is 12.3 Å². The minimum absolute atomic E-state index is 0.0111. The molecular formula is C23H23ClF3N7O2S. The van der Waals surface area contributed by atoms with Crippen molar-refractivity contribution in [2.75, 3.05) is 5.32 Å². The standard InChI is InChI=1S/C23H23ClF3N7O2S/c1-6-14(34-11(4)17(24)9(2)32-34)21(36)31-18-16-12(13-8-29-33(5)10(13)3)7-15(23(25,26)27)30-22(16)37-19(18)20(28)35/h7-8,14H,6H2,1-5H3,(H2,28,35)(H,31,36). The Bertz CT molecular complexity index is 1550. The number of carbonyl (C=O) groups excluding carboxylic acids is 2. The van der Waals surface area contributed by atoms with Crippen LogP contribution in [0.5, 0.6) is 0 Å². The number of pyridine rings is 1. The van der Waals surface area contributed by atoms with E-state index in [0.717, 1.165) is 6.07 Å². The normalized spacial score (nSPS) is 12.8. The second-order valence-electron chi connectivity index (χ2n) is 8.51. The number of primary amides is 1. The second kappa shape index (κ2) is 9.45. The molecular weight excluding hydrogens is 531 g/mol. The van der Waals surface area contributed by atoms with Crippen LogP contribution >= 0.6 is 22.9 Å². The first-order valence-corrected chi connectivity index (χ1v) is 12.3. The third-order valence-electron chi connectivity index (χ3n) is 6.17. The molecule has 0 bridgehead atoms. The van der Waals surface area contributed by atoms with E-state index in [1.54, 1.807) is 34.7 Å². The number of hydrogen-bond donors (Lipinski definition) is 2. The molecule has 1 atom stereocenters. The summed E-state index contributed by atoms with van der Waals surface area (Å²) < 4.78 is 44.2. The Morgan fingerprint density at radius 3 is 2.38 bits per heavy atom. The van der Waals surface area contributed by atoms with Crippen LogP contribution in [0, 0.1) is 20.8 Å². The molecule has 4 aromatic rings. The number of anilines is 1. The number of hydrogen-bond acceptors (Lipinski definition) is 6. The van der Waals surface area contributed by atoms with Crippen molar-refractivity contribution >= 4 is 50.7 Å². The number of halogens is 4. The van der Waals surface area contributed by atoms with E-state index in [4.69, 9.17) is 17.3 Å². The van der Waals surface area contributed by atoms with Gasteiger partial charge in [0.2, 0.25) is 5.91 Å². The van der Waals surface area contributed by atoms with Gasteiger partial charge in [0.25, 0.3) is 5.91 Å². The second-order valence-corrected chi connectivity index (χ2v) is 9.89. The minimum atomic E-state index is -4.75. The van der Waals surface area contributed by atoms with Gasteiger partial charge in [-0.05, 0) is 38.8 Å². The maximum atomic E-state index is 13.7. The first-order chi connectivity index (χ1) is 17.3. The van der Waals surface area contributed by atoms with Gasteiger partial charge in [-0.1, -0.05) is 18.5 Å². The topological polar surface area (TPSA) is 121 Å². The lowest BCUT2D eigenvalue weighted by atomic mass is 10.0. The average Bonchev–Trinajstić information content (AvgIpc) is 3.44. The molecule has 0 aliphatic carbocycles. The molecule has 0 aliphatic heterocycles. The summed E-state index contributed by atoms with van der Waals surface area (Å²) in [5.74, 6) is -1.45. The molecule has 4 rings (SSSR count). The first kappa shape index (κ1) is 26.6. The predicted molar refractivity (Wildman–Crippen MR) is 135 cm³/mol. The molecule has 4 heterocycles. The zero-order valence-corrected chi connectivity index (χ0v) is 22.1. The fraction of sp³-hybridized carbons (Fsp3) is 0.348. The van der Waals surface area contributed by atoms with Gasteiger partial charge in [-0.3, -0.25) is 19.0 Å². The van der Waals surface area contributed by atoms with Gasteiger partial charge in [0.15, 0.2) is 0 Å². The Labute approximate surface area is 218 Å². The van der Waals surface area contributed by atoms with Crippen molar-refractivity contribution in [3.05, 3.63) is 44.9 Å². The molecule has 0 aromatic carbocycles. The Balaban J connectivity index is 1.95. The number of amides is 2. The third-order valence-corrected chi connectivity index (χ3v) is 7.82. The van der Waals surface area contributed by atoms with Crippen LogP contribution in [-0.4, -0.2) is 36.4 Å². The highest BCUT2D eigenvalue weighted by molar-refractivity contribution is 7.21. The summed E-state index contributed by atoms with van der Waals surface area (Å²) >= 11 is 6.95. The predicted octanol–water partition coefficient (Wildman–Crippen LogP) is 5.18. The number of fused-ring (bicyclic) bond motifs is 1. The van der Waals surface area contributed by atoms with E-state index in [0.29, 0.717) is 45.4 Å². The van der Waals surface area contributed by atoms with Crippen LogP contribution < -0.4 is 11.1 Å². The number of carbonyl (C=O) groups is 2. The number of thiophene rings is 1. The molecule has 14 heteroatoms. The number of nitrogens with zero attached hydrogens (tertiary/aromatic N) is 5. The van der Waals surface area contributed by atoms with Crippen LogP contribution in [0.4, 0.5) is 18.9 Å². The number of nitrogens with two attached hydrogens (primary N) is 1. The zero-order valence-electron chi connectivity index (χ0n) is 20.5. The molecule has 0 aliphatic rings. The molecule has 37 heavy (non-hydrogen) atoms. The van der Waals surface area contributed by atoms with Crippen LogP contribution in [0.3, 0.4) is 0 Å². The van der Waals surface area contributed by atoms with E-state index in [1.165, 1.54) is 15.6 Å². The number of nitrogens with one attached hydrogen (secondary N) is 1. The van der Waals surface area contributed by atoms with Crippen LogP contribution in [0.2, 0.25) is 5.02 Å². The van der Waals surface area contributed by atoms with Gasteiger partial charge in [0.1, 0.15) is 21.4 Å². The summed E-state index contributed by atoms with van der Waals surface area (Å²) in [6.07, 6.45) is -3.01. The molecule has 0 fully saturated rings. The summed E-state index contributed by atoms with van der Waals surface area (Å²) in [5, 5.41) is 11.8. The summed E-state index contributed by atoms with van der Waals surface area (Å²) in [6, 6.07) is 0.0743. The summed E-state index contributed by atoms with van der Waals surface area (Å²) in [5.41, 5.74) is 6.64. The minimum Gasteiger partial charge on any atom is -0.365 e. The highest BCUT2D eigenvalue weighted by Gasteiger charge is 2.36. The van der Waals surface area contributed by atoms with Gasteiger partial charge in [0.05, 0.1) is 28.3 Å². The van der Waals surface area contributed by atoms with E-state index in [1.807, 2.05) is 0 Å². The number of aryl methyl sites for hydroxylation is 2. The van der Waals surface area contributed by atoms with Crippen molar-refractivity contribution in [1.29, 1.82) is 0 Å². The molecule has 2 amide bonds. The fourth-order valence-electron chi connectivity index (χ4n) is 4.13. The Hall–Kier alpha value is -3.45. The summed E-state index contributed by atoms with van der Waals surface area (Å²) in [6.45, 7) is 6.90. The van der Waals surface area contributed by atoms with E-state index >= 15 is 0 Å². The molecule has 0 saturated carbocycles. The van der Waals surface area contributed by atoms with E-state index in [9.17, 15) is 22.8 Å². The van der Waals surface area contributed by atoms with E-state index in [2.05, 4.69) is 20.5 Å². The van der Waals surface area contributed by atoms with Crippen molar-refractivity contribution in [3.63, 3.8) is 0 Å². The molecule has 196 valence electrons. The molecule has 1 unspecified atom stereocenters. The molecule has 4 aromatic heterocycles. The van der Waals surface area contributed by atoms with Crippen LogP contribution in [-0.2, 0) is 18.0 Å². The molecule has 0 saturated heterocycles. The average molecular weight is 554 g/mol. The van der Waals surface area contributed by atoms with E-state index in [-0.39, 0.29) is 26.3 Å².